The highest BCUT2D eigenvalue weighted by Crippen LogP contribution is 2.06. The Morgan fingerprint density at radius 3 is 2.56 bits per heavy atom. The fraction of sp³-hybridized carbons (Fsp3) is 0.429. The predicted molar refractivity (Wildman–Crippen MR) is 70.4 cm³/mol. The summed E-state index contributed by atoms with van der Waals surface area (Å²) in [5, 5.41) is 11.5. The average Bonchev–Trinajstić information content (AvgIpc) is 2.43. The summed E-state index contributed by atoms with van der Waals surface area (Å²) in [7, 11) is 0. The van der Waals surface area contributed by atoms with E-state index in [1.54, 1.807) is 12.1 Å². The number of hydrogen-bond donors (Lipinski definition) is 2. The lowest BCUT2D eigenvalue weighted by Crippen LogP contribution is -2.44. The van der Waals surface area contributed by atoms with E-state index in [0.29, 0.717) is 12.1 Å². The summed E-state index contributed by atoms with van der Waals surface area (Å²) in [5.74, 6) is 0.0414. The van der Waals surface area contributed by atoms with E-state index in [4.69, 9.17) is 11.0 Å². The smallest absolute Gasteiger partial charge is 0.237 e. The molecule has 0 heterocycles. The van der Waals surface area contributed by atoms with Crippen LogP contribution in [0.5, 0.6) is 0 Å². The fourth-order valence-corrected chi connectivity index (χ4v) is 1.52. The van der Waals surface area contributed by atoms with Gasteiger partial charge in [-0.2, -0.15) is 5.26 Å². The zero-order chi connectivity index (χ0) is 13.5. The van der Waals surface area contributed by atoms with Crippen molar-refractivity contribution in [3.05, 3.63) is 35.4 Å². The highest BCUT2D eigenvalue weighted by Gasteiger charge is 2.18. The second-order valence-corrected chi connectivity index (χ2v) is 4.44. The molecule has 96 valence electrons. The van der Waals surface area contributed by atoms with E-state index < -0.39 is 6.04 Å². The molecule has 0 aliphatic carbocycles. The quantitative estimate of drug-likeness (QED) is 0.826. The van der Waals surface area contributed by atoms with Crippen LogP contribution in [-0.4, -0.2) is 11.9 Å². The Balaban J connectivity index is 2.49. The summed E-state index contributed by atoms with van der Waals surface area (Å²) in [6, 6.07) is 8.71. The average molecular weight is 245 g/mol. The number of amides is 1. The molecule has 0 saturated carbocycles. The van der Waals surface area contributed by atoms with Crippen LogP contribution in [0.2, 0.25) is 0 Å². The summed E-state index contributed by atoms with van der Waals surface area (Å²) in [6.45, 7) is 4.42. The van der Waals surface area contributed by atoms with Gasteiger partial charge >= 0.3 is 0 Å². The van der Waals surface area contributed by atoms with E-state index >= 15 is 0 Å². The van der Waals surface area contributed by atoms with E-state index in [1.165, 1.54) is 0 Å². The first kappa shape index (κ1) is 14.2. The second kappa shape index (κ2) is 6.77. The first-order chi connectivity index (χ1) is 8.58. The third kappa shape index (κ3) is 3.86. The van der Waals surface area contributed by atoms with Crippen LogP contribution in [0.25, 0.3) is 0 Å². The van der Waals surface area contributed by atoms with Crippen molar-refractivity contribution in [2.24, 2.45) is 11.7 Å². The third-order valence-electron chi connectivity index (χ3n) is 3.11. The van der Waals surface area contributed by atoms with Crippen molar-refractivity contribution < 1.29 is 4.79 Å². The van der Waals surface area contributed by atoms with Crippen molar-refractivity contribution in [1.29, 1.82) is 5.26 Å². The number of nitrogens with one attached hydrogen (secondary N) is 1. The largest absolute Gasteiger partial charge is 0.351 e. The maximum atomic E-state index is 11.8. The number of nitriles is 1. The standard InChI is InChI=1S/C14H19N3O/c1-3-10(2)13(16)14(18)17-9-12-6-4-11(8-15)5-7-12/h4-7,10,13H,3,9,16H2,1-2H3,(H,17,18). The topological polar surface area (TPSA) is 78.9 Å². The minimum Gasteiger partial charge on any atom is -0.351 e. The van der Waals surface area contributed by atoms with Gasteiger partial charge in [0.15, 0.2) is 0 Å². The molecule has 2 atom stereocenters. The normalized spacial score (nSPS) is 13.4. The van der Waals surface area contributed by atoms with E-state index in [2.05, 4.69) is 11.4 Å². The van der Waals surface area contributed by atoms with Crippen LogP contribution in [0.15, 0.2) is 24.3 Å². The molecule has 0 fully saturated rings. The monoisotopic (exact) mass is 245 g/mol. The van der Waals surface area contributed by atoms with Crippen LogP contribution in [0.3, 0.4) is 0 Å². The molecule has 0 spiro atoms. The summed E-state index contributed by atoms with van der Waals surface area (Å²) < 4.78 is 0. The molecule has 1 aromatic carbocycles. The van der Waals surface area contributed by atoms with Gasteiger partial charge in [0.05, 0.1) is 17.7 Å². The molecule has 3 N–H and O–H groups in total. The maximum Gasteiger partial charge on any atom is 0.237 e. The van der Waals surface area contributed by atoms with Gasteiger partial charge in [-0.15, -0.1) is 0 Å². The molecule has 4 heteroatoms. The van der Waals surface area contributed by atoms with Crippen molar-refractivity contribution in [1.82, 2.24) is 5.32 Å². The lowest BCUT2D eigenvalue weighted by Gasteiger charge is -2.17. The first-order valence-electron chi connectivity index (χ1n) is 6.10. The number of benzene rings is 1. The van der Waals surface area contributed by atoms with Gasteiger partial charge in [0.1, 0.15) is 0 Å². The van der Waals surface area contributed by atoms with Gasteiger partial charge in [-0.3, -0.25) is 4.79 Å². The number of hydrogen-bond acceptors (Lipinski definition) is 3. The van der Waals surface area contributed by atoms with Crippen LogP contribution in [0, 0.1) is 17.2 Å². The number of nitrogens with two attached hydrogens (primary N) is 1. The zero-order valence-corrected chi connectivity index (χ0v) is 10.8. The molecule has 0 radical (unpaired) electrons. The van der Waals surface area contributed by atoms with Crippen LogP contribution in [0.4, 0.5) is 0 Å². The molecule has 0 saturated heterocycles. The molecular formula is C14H19N3O. The van der Waals surface area contributed by atoms with Crippen LogP contribution in [0.1, 0.15) is 31.4 Å². The number of carbonyl (C=O) groups is 1. The lowest BCUT2D eigenvalue weighted by atomic mass is 9.99. The van der Waals surface area contributed by atoms with Crippen LogP contribution < -0.4 is 11.1 Å². The Labute approximate surface area is 108 Å². The van der Waals surface area contributed by atoms with Gasteiger partial charge in [0, 0.05) is 6.54 Å². The zero-order valence-electron chi connectivity index (χ0n) is 10.8. The van der Waals surface area contributed by atoms with E-state index in [-0.39, 0.29) is 11.8 Å². The van der Waals surface area contributed by atoms with Gasteiger partial charge in [0.2, 0.25) is 5.91 Å². The molecule has 18 heavy (non-hydrogen) atoms. The lowest BCUT2D eigenvalue weighted by molar-refractivity contribution is -0.123. The van der Waals surface area contributed by atoms with E-state index in [9.17, 15) is 4.79 Å². The minimum absolute atomic E-state index is 0.131. The Morgan fingerprint density at radius 2 is 2.06 bits per heavy atom. The summed E-state index contributed by atoms with van der Waals surface area (Å²) >= 11 is 0. The molecular weight excluding hydrogens is 226 g/mol. The summed E-state index contributed by atoms with van der Waals surface area (Å²) in [4.78, 5) is 11.8. The first-order valence-corrected chi connectivity index (χ1v) is 6.10. The second-order valence-electron chi connectivity index (χ2n) is 4.44. The molecule has 2 unspecified atom stereocenters. The third-order valence-corrected chi connectivity index (χ3v) is 3.11. The number of rotatable bonds is 5. The van der Waals surface area contributed by atoms with Gasteiger partial charge in [-0.05, 0) is 23.6 Å². The highest BCUT2D eigenvalue weighted by molar-refractivity contribution is 5.81. The van der Waals surface area contributed by atoms with Gasteiger partial charge in [-0.1, -0.05) is 32.4 Å². The van der Waals surface area contributed by atoms with Crippen molar-refractivity contribution in [2.45, 2.75) is 32.9 Å². The summed E-state index contributed by atoms with van der Waals surface area (Å²) in [6.07, 6.45) is 0.880. The molecule has 1 aromatic rings. The Kier molecular flexibility index (Phi) is 5.34. The molecule has 1 rings (SSSR count). The highest BCUT2D eigenvalue weighted by atomic mass is 16.2. The van der Waals surface area contributed by atoms with Crippen molar-refractivity contribution in [2.75, 3.05) is 0 Å². The van der Waals surface area contributed by atoms with Gasteiger partial charge in [-0.25, -0.2) is 0 Å². The molecule has 4 nitrogen and oxygen atoms in total. The van der Waals surface area contributed by atoms with Gasteiger partial charge in [0.25, 0.3) is 0 Å². The Hall–Kier alpha value is -1.86. The maximum absolute atomic E-state index is 11.8. The van der Waals surface area contributed by atoms with Gasteiger partial charge < -0.3 is 11.1 Å². The van der Waals surface area contributed by atoms with E-state index in [1.807, 2.05) is 26.0 Å². The number of carbonyl (C=O) groups excluding carboxylic acids is 1. The Morgan fingerprint density at radius 1 is 1.44 bits per heavy atom. The van der Waals surface area contributed by atoms with Crippen molar-refractivity contribution in [3.8, 4) is 6.07 Å². The van der Waals surface area contributed by atoms with Crippen LogP contribution >= 0.6 is 0 Å². The fourth-order valence-electron chi connectivity index (χ4n) is 1.52. The SMILES string of the molecule is CCC(C)C(N)C(=O)NCc1ccc(C#N)cc1. The molecule has 0 bridgehead atoms. The van der Waals surface area contributed by atoms with Crippen molar-refractivity contribution >= 4 is 5.91 Å². The molecule has 1 amide bonds. The molecule has 0 aliphatic rings. The molecule has 0 aromatic heterocycles. The van der Waals surface area contributed by atoms with Crippen LogP contribution in [-0.2, 0) is 11.3 Å². The predicted octanol–water partition coefficient (Wildman–Crippen LogP) is 1.55. The Bertz CT molecular complexity index is 433. The summed E-state index contributed by atoms with van der Waals surface area (Å²) in [5.41, 5.74) is 7.40. The molecule has 0 aliphatic heterocycles. The number of nitrogens with zero attached hydrogens (tertiary/aromatic N) is 1. The minimum atomic E-state index is -0.464. The van der Waals surface area contributed by atoms with E-state index in [0.717, 1.165) is 12.0 Å². The van der Waals surface area contributed by atoms with Crippen molar-refractivity contribution in [3.63, 3.8) is 0 Å².